The molecule has 0 bridgehead atoms. The van der Waals surface area contributed by atoms with Crippen molar-refractivity contribution in [3.8, 4) is 0 Å². The molecule has 0 amide bonds. The van der Waals surface area contributed by atoms with Gasteiger partial charge in [-0.25, -0.2) is 0 Å². The van der Waals surface area contributed by atoms with Crippen molar-refractivity contribution in [2.45, 2.75) is 44.7 Å². The van der Waals surface area contributed by atoms with E-state index < -0.39 is 0 Å². The van der Waals surface area contributed by atoms with Gasteiger partial charge in [0, 0.05) is 24.8 Å². The summed E-state index contributed by atoms with van der Waals surface area (Å²) in [5.74, 6) is 0.956. The largest absolute Gasteiger partial charge is 0.368 e. The van der Waals surface area contributed by atoms with Gasteiger partial charge >= 0.3 is 0 Å². The molecule has 2 N–H and O–H groups in total. The van der Waals surface area contributed by atoms with Crippen LogP contribution in [0.25, 0.3) is 0 Å². The second-order valence-corrected chi connectivity index (χ2v) is 5.46. The van der Waals surface area contributed by atoms with E-state index in [0.717, 1.165) is 12.0 Å². The number of nitrogens with two attached hydrogens (primary N) is 1. The zero-order chi connectivity index (χ0) is 11.7. The van der Waals surface area contributed by atoms with Gasteiger partial charge in [0.2, 0.25) is 0 Å². The first-order valence-electron chi connectivity index (χ1n) is 6.94. The van der Waals surface area contributed by atoms with E-state index in [4.69, 9.17) is 5.73 Å². The number of benzene rings is 1. The van der Waals surface area contributed by atoms with Crippen LogP contribution in [0.5, 0.6) is 0 Å². The van der Waals surface area contributed by atoms with Crippen LogP contribution in [0, 0.1) is 5.92 Å². The van der Waals surface area contributed by atoms with Crippen LogP contribution in [0.3, 0.4) is 0 Å². The summed E-state index contributed by atoms with van der Waals surface area (Å²) in [5.41, 5.74) is 8.28. The molecule has 2 fully saturated rings. The van der Waals surface area contributed by atoms with Crippen LogP contribution >= 0.6 is 0 Å². The van der Waals surface area contributed by atoms with Gasteiger partial charge in [0.1, 0.15) is 0 Å². The Morgan fingerprint density at radius 1 is 1.06 bits per heavy atom. The van der Waals surface area contributed by atoms with Crippen LogP contribution < -0.4 is 10.6 Å². The molecule has 17 heavy (non-hydrogen) atoms. The number of anilines is 1. The van der Waals surface area contributed by atoms with E-state index in [1.54, 1.807) is 0 Å². The maximum Gasteiger partial charge on any atom is 0.0369 e. The van der Waals surface area contributed by atoms with Crippen LogP contribution in [-0.4, -0.2) is 12.6 Å². The molecule has 2 atom stereocenters. The topological polar surface area (TPSA) is 29.3 Å². The standard InChI is InChI=1S/C15H22N2/c16-11-12-5-7-14(8-6-12)17-10-9-13-3-1-2-4-15(13)17/h5-8,13,15H,1-4,9-11,16H2. The second-order valence-electron chi connectivity index (χ2n) is 5.46. The summed E-state index contributed by atoms with van der Waals surface area (Å²) in [6.45, 7) is 1.89. The normalized spacial score (nSPS) is 28.2. The van der Waals surface area contributed by atoms with Crippen LogP contribution in [0.1, 0.15) is 37.7 Å². The molecule has 1 aromatic carbocycles. The molecule has 2 nitrogen and oxygen atoms in total. The molecule has 92 valence electrons. The average molecular weight is 230 g/mol. The minimum Gasteiger partial charge on any atom is -0.368 e. The molecule has 1 aliphatic heterocycles. The van der Waals surface area contributed by atoms with Crippen molar-refractivity contribution >= 4 is 5.69 Å². The van der Waals surface area contributed by atoms with Crippen LogP contribution in [0.4, 0.5) is 5.69 Å². The Balaban J connectivity index is 1.78. The van der Waals surface area contributed by atoms with E-state index in [0.29, 0.717) is 6.54 Å². The highest BCUT2D eigenvalue weighted by molar-refractivity contribution is 5.50. The lowest BCUT2D eigenvalue weighted by Gasteiger charge is -2.33. The fourth-order valence-corrected chi connectivity index (χ4v) is 3.55. The zero-order valence-corrected chi connectivity index (χ0v) is 10.4. The van der Waals surface area contributed by atoms with Crippen molar-refractivity contribution in [1.82, 2.24) is 0 Å². The van der Waals surface area contributed by atoms with Gasteiger partial charge in [-0.05, 0) is 42.9 Å². The highest BCUT2D eigenvalue weighted by Gasteiger charge is 2.35. The number of nitrogens with zero attached hydrogens (tertiary/aromatic N) is 1. The summed E-state index contributed by atoms with van der Waals surface area (Å²) >= 11 is 0. The van der Waals surface area contributed by atoms with Gasteiger partial charge in [0.25, 0.3) is 0 Å². The minimum atomic E-state index is 0.645. The molecule has 0 radical (unpaired) electrons. The molecule has 1 heterocycles. The monoisotopic (exact) mass is 230 g/mol. The summed E-state index contributed by atoms with van der Waals surface area (Å²) in [7, 11) is 0. The van der Waals surface area contributed by atoms with Crippen LogP contribution in [0.15, 0.2) is 24.3 Å². The zero-order valence-electron chi connectivity index (χ0n) is 10.4. The molecular weight excluding hydrogens is 208 g/mol. The molecule has 3 rings (SSSR count). The van der Waals surface area contributed by atoms with Crippen molar-refractivity contribution in [3.05, 3.63) is 29.8 Å². The molecule has 1 saturated carbocycles. The maximum atomic E-state index is 5.65. The predicted octanol–water partition coefficient (Wildman–Crippen LogP) is 2.91. The van der Waals surface area contributed by atoms with Crippen LogP contribution in [0.2, 0.25) is 0 Å². The van der Waals surface area contributed by atoms with Gasteiger partial charge in [0.15, 0.2) is 0 Å². The average Bonchev–Trinajstić information content (AvgIpc) is 2.83. The van der Waals surface area contributed by atoms with Crippen LogP contribution in [-0.2, 0) is 6.54 Å². The fourth-order valence-electron chi connectivity index (χ4n) is 3.55. The first-order chi connectivity index (χ1) is 8.38. The van der Waals surface area contributed by atoms with Crippen molar-refractivity contribution in [2.75, 3.05) is 11.4 Å². The summed E-state index contributed by atoms with van der Waals surface area (Å²) in [6.07, 6.45) is 7.09. The van der Waals surface area contributed by atoms with Crippen molar-refractivity contribution < 1.29 is 0 Å². The van der Waals surface area contributed by atoms with Gasteiger partial charge in [-0.3, -0.25) is 0 Å². The molecule has 2 unspecified atom stereocenters. The Morgan fingerprint density at radius 3 is 2.59 bits per heavy atom. The van der Waals surface area contributed by atoms with Crippen molar-refractivity contribution in [3.63, 3.8) is 0 Å². The van der Waals surface area contributed by atoms with Crippen molar-refractivity contribution in [2.24, 2.45) is 11.7 Å². The van der Waals surface area contributed by atoms with Gasteiger partial charge in [-0.15, -0.1) is 0 Å². The third-order valence-electron chi connectivity index (χ3n) is 4.51. The molecule has 0 aromatic heterocycles. The van der Waals surface area contributed by atoms with E-state index in [2.05, 4.69) is 29.2 Å². The van der Waals surface area contributed by atoms with E-state index in [1.165, 1.54) is 49.9 Å². The molecular formula is C15H22N2. The highest BCUT2D eigenvalue weighted by atomic mass is 15.2. The van der Waals surface area contributed by atoms with Gasteiger partial charge < -0.3 is 10.6 Å². The molecule has 1 saturated heterocycles. The fraction of sp³-hybridized carbons (Fsp3) is 0.600. The molecule has 2 heteroatoms. The van der Waals surface area contributed by atoms with Gasteiger partial charge in [-0.1, -0.05) is 25.0 Å². The number of rotatable bonds is 2. The Morgan fingerprint density at radius 2 is 1.82 bits per heavy atom. The van der Waals surface area contributed by atoms with Crippen molar-refractivity contribution in [1.29, 1.82) is 0 Å². The highest BCUT2D eigenvalue weighted by Crippen LogP contribution is 2.38. The summed E-state index contributed by atoms with van der Waals surface area (Å²) in [5, 5.41) is 0. The lowest BCUT2D eigenvalue weighted by atomic mass is 9.85. The Hall–Kier alpha value is -1.02. The third kappa shape index (κ3) is 2.06. The smallest absolute Gasteiger partial charge is 0.0369 e. The maximum absolute atomic E-state index is 5.65. The first kappa shape index (κ1) is 11.1. The first-order valence-corrected chi connectivity index (χ1v) is 6.94. The third-order valence-corrected chi connectivity index (χ3v) is 4.51. The molecule has 2 aliphatic rings. The Kier molecular flexibility index (Phi) is 3.06. The number of hydrogen-bond donors (Lipinski definition) is 1. The van der Waals surface area contributed by atoms with Gasteiger partial charge in [0.05, 0.1) is 0 Å². The molecule has 0 spiro atoms. The van der Waals surface area contributed by atoms with E-state index >= 15 is 0 Å². The number of fused-ring (bicyclic) bond motifs is 1. The molecule has 1 aliphatic carbocycles. The second kappa shape index (κ2) is 4.69. The molecule has 1 aromatic rings. The Bertz CT molecular complexity index is 371. The van der Waals surface area contributed by atoms with E-state index in [-0.39, 0.29) is 0 Å². The predicted molar refractivity (Wildman–Crippen MR) is 72.0 cm³/mol. The SMILES string of the molecule is NCc1ccc(N2CCC3CCCCC32)cc1. The number of hydrogen-bond acceptors (Lipinski definition) is 2. The lowest BCUT2D eigenvalue weighted by molar-refractivity contribution is 0.342. The Labute approximate surface area is 104 Å². The minimum absolute atomic E-state index is 0.645. The summed E-state index contributed by atoms with van der Waals surface area (Å²) < 4.78 is 0. The quantitative estimate of drug-likeness (QED) is 0.846. The van der Waals surface area contributed by atoms with E-state index in [1.807, 2.05) is 0 Å². The summed E-state index contributed by atoms with van der Waals surface area (Å²) in [4.78, 5) is 2.63. The summed E-state index contributed by atoms with van der Waals surface area (Å²) in [6, 6.07) is 9.66. The van der Waals surface area contributed by atoms with E-state index in [9.17, 15) is 0 Å². The lowest BCUT2D eigenvalue weighted by Crippen LogP contribution is -2.34. The van der Waals surface area contributed by atoms with Gasteiger partial charge in [-0.2, -0.15) is 0 Å².